The van der Waals surface area contributed by atoms with Gasteiger partial charge in [-0.3, -0.25) is 4.79 Å². The number of carbonyl (C=O) groups excluding carboxylic acids is 1. The van der Waals surface area contributed by atoms with Crippen molar-refractivity contribution >= 4 is 15.9 Å². The molecule has 1 fully saturated rings. The molecule has 1 saturated heterocycles. The Balaban J connectivity index is 1.32. The van der Waals surface area contributed by atoms with E-state index in [1.807, 2.05) is 32.0 Å². The number of sulfonamides is 1. The maximum atomic E-state index is 14.0. The zero-order valence-corrected chi connectivity index (χ0v) is 19.7. The molecule has 0 N–H and O–H groups in total. The molecule has 0 atom stereocenters. The number of hydrogen-bond donors (Lipinski definition) is 0. The Morgan fingerprint density at radius 1 is 1.03 bits per heavy atom. The Bertz CT molecular complexity index is 1320. The summed E-state index contributed by atoms with van der Waals surface area (Å²) in [6.45, 7) is 4.38. The van der Waals surface area contributed by atoms with Crippen molar-refractivity contribution in [2.24, 2.45) is 0 Å². The van der Waals surface area contributed by atoms with Crippen LogP contribution in [0.4, 0.5) is 8.78 Å². The van der Waals surface area contributed by atoms with Crippen LogP contribution in [0.15, 0.2) is 51.9 Å². The Hall–Kier alpha value is -3.11. The van der Waals surface area contributed by atoms with Gasteiger partial charge in [0.15, 0.2) is 11.7 Å². The fraction of sp³-hybridized carbons (Fsp3) is 0.333. The van der Waals surface area contributed by atoms with E-state index in [1.165, 1.54) is 5.56 Å². The van der Waals surface area contributed by atoms with Gasteiger partial charge in [-0.05, 0) is 49.2 Å². The summed E-state index contributed by atoms with van der Waals surface area (Å²) in [5.41, 5.74) is 3.25. The van der Waals surface area contributed by atoms with Gasteiger partial charge in [0.1, 0.15) is 16.5 Å². The minimum Gasteiger partial charge on any atom is -0.441 e. The first kappa shape index (κ1) is 24.0. The molecule has 0 saturated carbocycles. The van der Waals surface area contributed by atoms with E-state index in [4.69, 9.17) is 4.42 Å². The highest BCUT2D eigenvalue weighted by Gasteiger charge is 2.32. The molecule has 1 aromatic heterocycles. The largest absolute Gasteiger partial charge is 0.441 e. The molecule has 34 heavy (non-hydrogen) atoms. The van der Waals surface area contributed by atoms with E-state index in [0.717, 1.165) is 27.6 Å². The highest BCUT2D eigenvalue weighted by Crippen LogP contribution is 2.24. The number of aryl methyl sites for hydroxylation is 3. The minimum atomic E-state index is -4.19. The van der Waals surface area contributed by atoms with E-state index < -0.39 is 26.6 Å². The Labute approximate surface area is 197 Å². The Morgan fingerprint density at radius 3 is 2.47 bits per heavy atom. The normalized spacial score (nSPS) is 15.0. The van der Waals surface area contributed by atoms with Gasteiger partial charge in [-0.15, -0.1) is 0 Å². The van der Waals surface area contributed by atoms with Crippen LogP contribution >= 0.6 is 0 Å². The van der Waals surface area contributed by atoms with Crippen LogP contribution < -0.4 is 0 Å². The average Bonchev–Trinajstić information content (AvgIpc) is 3.30. The summed E-state index contributed by atoms with van der Waals surface area (Å²) in [5.74, 6) is -0.912. The van der Waals surface area contributed by atoms with Gasteiger partial charge in [0.25, 0.3) is 0 Å². The van der Waals surface area contributed by atoms with E-state index in [0.29, 0.717) is 24.1 Å². The number of nitrogens with zero attached hydrogens (tertiary/aromatic N) is 3. The fourth-order valence-corrected chi connectivity index (χ4v) is 5.32. The van der Waals surface area contributed by atoms with Crippen LogP contribution in [0.2, 0.25) is 0 Å². The number of carbonyl (C=O) groups is 1. The summed E-state index contributed by atoms with van der Waals surface area (Å²) in [5, 5.41) is 0. The first-order valence-electron chi connectivity index (χ1n) is 10.9. The molecule has 10 heteroatoms. The molecule has 0 bridgehead atoms. The predicted octanol–water partition coefficient (Wildman–Crippen LogP) is 3.70. The molecular formula is C24H25F2N3O4S. The van der Waals surface area contributed by atoms with Crippen molar-refractivity contribution in [3.05, 3.63) is 71.2 Å². The molecule has 0 spiro atoms. The summed E-state index contributed by atoms with van der Waals surface area (Å²) >= 11 is 0. The molecule has 3 aromatic rings. The zero-order chi connectivity index (χ0) is 24.5. The lowest BCUT2D eigenvalue weighted by Crippen LogP contribution is -2.50. The van der Waals surface area contributed by atoms with E-state index in [1.54, 1.807) is 11.1 Å². The smallest absolute Gasteiger partial charge is 0.246 e. The lowest BCUT2D eigenvalue weighted by Gasteiger charge is -2.34. The highest BCUT2D eigenvalue weighted by atomic mass is 32.2. The van der Waals surface area contributed by atoms with E-state index >= 15 is 0 Å². The molecular weight excluding hydrogens is 464 g/mol. The van der Waals surface area contributed by atoms with Crippen LogP contribution in [0.3, 0.4) is 0 Å². The second kappa shape index (κ2) is 9.63. The van der Waals surface area contributed by atoms with Crippen molar-refractivity contribution < 1.29 is 26.4 Å². The third-order valence-electron chi connectivity index (χ3n) is 6.00. The van der Waals surface area contributed by atoms with Crippen molar-refractivity contribution in [2.45, 2.75) is 31.6 Å². The zero-order valence-electron chi connectivity index (χ0n) is 18.9. The van der Waals surface area contributed by atoms with Crippen molar-refractivity contribution in [3.8, 4) is 11.3 Å². The van der Waals surface area contributed by atoms with E-state index in [9.17, 15) is 22.0 Å². The van der Waals surface area contributed by atoms with Gasteiger partial charge in [0.2, 0.25) is 15.9 Å². The maximum Gasteiger partial charge on any atom is 0.246 e. The highest BCUT2D eigenvalue weighted by molar-refractivity contribution is 7.89. The molecule has 1 aliphatic heterocycles. The van der Waals surface area contributed by atoms with Crippen LogP contribution in [0, 0.1) is 25.5 Å². The molecule has 2 aromatic carbocycles. The summed E-state index contributed by atoms with van der Waals surface area (Å²) in [6.07, 6.45) is 2.12. The predicted molar refractivity (Wildman–Crippen MR) is 121 cm³/mol. The summed E-state index contributed by atoms with van der Waals surface area (Å²) in [6, 6.07) is 8.32. The number of oxazole rings is 1. The van der Waals surface area contributed by atoms with Crippen molar-refractivity contribution in [2.75, 3.05) is 26.2 Å². The van der Waals surface area contributed by atoms with Crippen LogP contribution in [-0.2, 0) is 21.2 Å². The number of hydrogen-bond acceptors (Lipinski definition) is 5. The first-order valence-corrected chi connectivity index (χ1v) is 12.3. The lowest BCUT2D eigenvalue weighted by molar-refractivity contribution is -0.132. The molecule has 7 nitrogen and oxygen atoms in total. The fourth-order valence-electron chi connectivity index (χ4n) is 3.82. The molecule has 2 heterocycles. The quantitative estimate of drug-likeness (QED) is 0.527. The first-order chi connectivity index (χ1) is 16.1. The number of amides is 1. The summed E-state index contributed by atoms with van der Waals surface area (Å²) in [4.78, 5) is 17.8. The van der Waals surface area contributed by atoms with Crippen molar-refractivity contribution in [3.63, 3.8) is 0 Å². The van der Waals surface area contributed by atoms with Gasteiger partial charge >= 0.3 is 0 Å². The number of benzene rings is 2. The third-order valence-corrected chi connectivity index (χ3v) is 7.91. The Kier molecular flexibility index (Phi) is 6.81. The molecule has 1 amide bonds. The molecule has 0 aliphatic carbocycles. The van der Waals surface area contributed by atoms with Gasteiger partial charge in [-0.2, -0.15) is 4.31 Å². The van der Waals surface area contributed by atoms with Crippen LogP contribution in [0.25, 0.3) is 11.3 Å². The van der Waals surface area contributed by atoms with Crippen molar-refractivity contribution in [1.29, 1.82) is 0 Å². The minimum absolute atomic E-state index is 0.0000478. The molecule has 0 radical (unpaired) electrons. The van der Waals surface area contributed by atoms with E-state index in [-0.39, 0.29) is 38.5 Å². The molecule has 180 valence electrons. The SMILES string of the molecule is Cc1ccc(-c2cnc(CCC(=O)N3CCN(S(=O)(=O)c4cc(F)ccc4F)CC3)o2)cc1C. The lowest BCUT2D eigenvalue weighted by atomic mass is 10.1. The molecule has 1 aliphatic rings. The second-order valence-corrected chi connectivity index (χ2v) is 10.2. The number of rotatable bonds is 6. The topological polar surface area (TPSA) is 83.7 Å². The standard InChI is InChI=1S/C24H25F2N3O4S/c1-16-3-4-18(13-17(16)2)21-15-27-23(33-21)7-8-24(30)28-9-11-29(12-10-28)34(31,32)22-14-19(25)5-6-20(22)26/h3-6,13-15H,7-12H2,1-2H3. The van der Waals surface area contributed by atoms with Gasteiger partial charge in [0.05, 0.1) is 6.20 Å². The second-order valence-electron chi connectivity index (χ2n) is 8.28. The van der Waals surface area contributed by atoms with Gasteiger partial charge < -0.3 is 9.32 Å². The number of aromatic nitrogens is 1. The monoisotopic (exact) mass is 489 g/mol. The average molecular weight is 490 g/mol. The van der Waals surface area contributed by atoms with E-state index in [2.05, 4.69) is 4.98 Å². The van der Waals surface area contributed by atoms with Crippen LogP contribution in [-0.4, -0.2) is 54.7 Å². The van der Waals surface area contributed by atoms with Crippen LogP contribution in [0.5, 0.6) is 0 Å². The maximum absolute atomic E-state index is 14.0. The van der Waals surface area contributed by atoms with Crippen molar-refractivity contribution in [1.82, 2.24) is 14.2 Å². The number of piperazine rings is 1. The Morgan fingerprint density at radius 2 is 1.76 bits per heavy atom. The third kappa shape index (κ3) is 5.02. The van der Waals surface area contributed by atoms with Gasteiger partial charge in [-0.25, -0.2) is 22.2 Å². The summed E-state index contributed by atoms with van der Waals surface area (Å²) in [7, 11) is -4.19. The van der Waals surface area contributed by atoms with Gasteiger partial charge in [0, 0.05) is 44.6 Å². The van der Waals surface area contributed by atoms with Gasteiger partial charge in [-0.1, -0.05) is 12.1 Å². The molecule has 0 unspecified atom stereocenters. The summed E-state index contributed by atoms with van der Waals surface area (Å²) < 4.78 is 59.7. The molecule has 4 rings (SSSR count). The van der Waals surface area contributed by atoms with Crippen LogP contribution in [0.1, 0.15) is 23.4 Å². The number of halogens is 2.